The van der Waals surface area contributed by atoms with Gasteiger partial charge in [-0.05, 0) is 52.1 Å². The molecule has 1 aromatic carbocycles. The molecule has 0 unspecified atom stereocenters. The summed E-state index contributed by atoms with van der Waals surface area (Å²) >= 11 is 4.44. The number of aryl methyl sites for hydroxylation is 1. The number of amides is 1. The van der Waals surface area contributed by atoms with Crippen LogP contribution < -0.4 is 11.1 Å². The Bertz CT molecular complexity index is 599. The van der Waals surface area contributed by atoms with Crippen LogP contribution in [0.3, 0.4) is 0 Å². The van der Waals surface area contributed by atoms with Crippen molar-refractivity contribution in [3.8, 4) is 0 Å². The summed E-state index contributed by atoms with van der Waals surface area (Å²) < 4.78 is 4.59. The number of aromatic nitrogens is 2. The fourth-order valence-electron chi connectivity index (χ4n) is 1.57. The minimum absolute atomic E-state index is 0.185. The van der Waals surface area contributed by atoms with Crippen LogP contribution in [0.2, 0.25) is 0 Å². The minimum atomic E-state index is -0.185. The number of benzene rings is 1. The van der Waals surface area contributed by atoms with Crippen LogP contribution in [0.5, 0.6) is 0 Å². The minimum Gasteiger partial charge on any atom is -0.398 e. The van der Waals surface area contributed by atoms with E-state index in [9.17, 15) is 4.79 Å². The number of hydrogen-bond acceptors (Lipinski definition) is 5. The second-order valence-electron chi connectivity index (χ2n) is 3.99. The highest BCUT2D eigenvalue weighted by molar-refractivity contribution is 9.10. The molecule has 0 spiro atoms. The maximum absolute atomic E-state index is 12.1. The van der Waals surface area contributed by atoms with Crippen molar-refractivity contribution in [1.82, 2.24) is 9.59 Å². The molecule has 100 valence electrons. The molecule has 0 aliphatic heterocycles. The number of halogens is 1. The summed E-state index contributed by atoms with van der Waals surface area (Å²) in [5, 5.41) is 6.80. The van der Waals surface area contributed by atoms with E-state index in [4.69, 9.17) is 5.73 Å². The van der Waals surface area contributed by atoms with Gasteiger partial charge < -0.3 is 11.1 Å². The van der Waals surface area contributed by atoms with E-state index in [1.165, 1.54) is 0 Å². The third-order valence-electron chi connectivity index (χ3n) is 2.51. The Hall–Kier alpha value is -1.47. The van der Waals surface area contributed by atoms with E-state index in [1.807, 2.05) is 6.92 Å². The first-order valence-electron chi connectivity index (χ1n) is 5.79. The lowest BCUT2D eigenvalue weighted by molar-refractivity contribution is 0.102. The Morgan fingerprint density at radius 3 is 3.00 bits per heavy atom. The van der Waals surface area contributed by atoms with Gasteiger partial charge in [0.05, 0.1) is 5.69 Å². The third kappa shape index (κ3) is 3.30. The zero-order chi connectivity index (χ0) is 13.8. The molecule has 0 saturated heterocycles. The van der Waals surface area contributed by atoms with Crippen LogP contribution in [0.15, 0.2) is 22.7 Å². The molecule has 0 saturated carbocycles. The molecule has 0 fully saturated rings. The molecule has 7 heteroatoms. The van der Waals surface area contributed by atoms with Gasteiger partial charge in [0.15, 0.2) is 0 Å². The van der Waals surface area contributed by atoms with Crippen LogP contribution >= 0.6 is 27.5 Å². The fraction of sp³-hybridized carbons (Fsp3) is 0.250. The van der Waals surface area contributed by atoms with Crippen molar-refractivity contribution in [2.24, 2.45) is 0 Å². The van der Waals surface area contributed by atoms with E-state index in [0.717, 1.165) is 34.5 Å². The molecule has 2 aromatic rings. The Morgan fingerprint density at radius 2 is 2.32 bits per heavy atom. The SMILES string of the molecule is CCCc1nnsc1C(=O)Nc1ccc(N)c(Br)c1. The van der Waals surface area contributed by atoms with Gasteiger partial charge in [0.2, 0.25) is 0 Å². The number of carbonyl (C=O) groups is 1. The van der Waals surface area contributed by atoms with E-state index in [-0.39, 0.29) is 5.91 Å². The summed E-state index contributed by atoms with van der Waals surface area (Å²) in [6.45, 7) is 2.04. The van der Waals surface area contributed by atoms with Crippen molar-refractivity contribution in [3.63, 3.8) is 0 Å². The predicted molar refractivity (Wildman–Crippen MR) is 80.4 cm³/mol. The Morgan fingerprint density at radius 1 is 1.53 bits per heavy atom. The highest BCUT2D eigenvalue weighted by Crippen LogP contribution is 2.24. The van der Waals surface area contributed by atoms with Gasteiger partial charge in [-0.1, -0.05) is 17.8 Å². The van der Waals surface area contributed by atoms with Gasteiger partial charge in [-0.25, -0.2) is 0 Å². The average Bonchev–Trinajstić information content (AvgIpc) is 2.83. The Labute approximate surface area is 123 Å². The standard InChI is InChI=1S/C12H13BrN4OS/c1-2-3-10-11(19-17-16-10)12(18)15-7-4-5-9(14)8(13)6-7/h4-6H,2-3,14H2,1H3,(H,15,18). The van der Waals surface area contributed by atoms with E-state index >= 15 is 0 Å². The van der Waals surface area contributed by atoms with Crippen molar-refractivity contribution in [2.45, 2.75) is 19.8 Å². The van der Waals surface area contributed by atoms with Crippen LogP contribution in [0.25, 0.3) is 0 Å². The molecule has 0 radical (unpaired) electrons. The van der Waals surface area contributed by atoms with Crippen LogP contribution in [-0.2, 0) is 6.42 Å². The average molecular weight is 341 g/mol. The topological polar surface area (TPSA) is 80.9 Å². The molecule has 3 N–H and O–H groups in total. The van der Waals surface area contributed by atoms with E-state index < -0.39 is 0 Å². The number of nitrogen functional groups attached to an aromatic ring is 1. The number of rotatable bonds is 4. The van der Waals surface area contributed by atoms with Crippen molar-refractivity contribution in [2.75, 3.05) is 11.1 Å². The van der Waals surface area contributed by atoms with Crippen LogP contribution in [0.1, 0.15) is 28.7 Å². The molecule has 0 atom stereocenters. The van der Waals surface area contributed by atoms with Gasteiger partial charge in [-0.2, -0.15) is 0 Å². The number of nitrogens with two attached hydrogens (primary N) is 1. The molecule has 0 aliphatic rings. The lowest BCUT2D eigenvalue weighted by Gasteiger charge is -2.06. The van der Waals surface area contributed by atoms with E-state index in [2.05, 4.69) is 30.8 Å². The first-order valence-corrected chi connectivity index (χ1v) is 7.36. The zero-order valence-electron chi connectivity index (χ0n) is 10.3. The first-order chi connectivity index (χ1) is 9.11. The van der Waals surface area contributed by atoms with E-state index in [1.54, 1.807) is 18.2 Å². The molecule has 0 bridgehead atoms. The molecule has 1 heterocycles. The van der Waals surface area contributed by atoms with E-state index in [0.29, 0.717) is 16.3 Å². The molecule has 19 heavy (non-hydrogen) atoms. The van der Waals surface area contributed by atoms with Gasteiger partial charge >= 0.3 is 0 Å². The normalized spacial score (nSPS) is 10.4. The largest absolute Gasteiger partial charge is 0.398 e. The summed E-state index contributed by atoms with van der Waals surface area (Å²) in [6, 6.07) is 5.25. The van der Waals surface area contributed by atoms with Crippen LogP contribution in [0.4, 0.5) is 11.4 Å². The Kier molecular flexibility index (Phi) is 4.49. The second kappa shape index (κ2) is 6.12. The monoisotopic (exact) mass is 340 g/mol. The maximum Gasteiger partial charge on any atom is 0.269 e. The third-order valence-corrected chi connectivity index (χ3v) is 3.96. The van der Waals surface area contributed by atoms with Crippen molar-refractivity contribution >= 4 is 44.7 Å². The van der Waals surface area contributed by atoms with Crippen LogP contribution in [-0.4, -0.2) is 15.5 Å². The molecule has 1 amide bonds. The summed E-state index contributed by atoms with van der Waals surface area (Å²) in [7, 11) is 0. The smallest absolute Gasteiger partial charge is 0.269 e. The first kappa shape index (κ1) is 14.0. The molecule has 1 aromatic heterocycles. The highest BCUT2D eigenvalue weighted by Gasteiger charge is 2.15. The molecular formula is C12H13BrN4OS. The second-order valence-corrected chi connectivity index (χ2v) is 5.60. The summed E-state index contributed by atoms with van der Waals surface area (Å²) in [5.41, 5.74) is 7.76. The van der Waals surface area contributed by atoms with Crippen LogP contribution in [0, 0.1) is 0 Å². The number of nitrogens with one attached hydrogen (secondary N) is 1. The van der Waals surface area contributed by atoms with Gasteiger partial charge in [0, 0.05) is 15.8 Å². The van der Waals surface area contributed by atoms with Gasteiger partial charge in [0.1, 0.15) is 4.88 Å². The Balaban J connectivity index is 2.16. The van der Waals surface area contributed by atoms with Gasteiger partial charge in [-0.3, -0.25) is 4.79 Å². The summed E-state index contributed by atoms with van der Waals surface area (Å²) in [4.78, 5) is 12.7. The van der Waals surface area contributed by atoms with Gasteiger partial charge in [-0.15, -0.1) is 5.10 Å². The highest BCUT2D eigenvalue weighted by atomic mass is 79.9. The maximum atomic E-state index is 12.1. The summed E-state index contributed by atoms with van der Waals surface area (Å²) in [6.07, 6.45) is 1.68. The lowest BCUT2D eigenvalue weighted by Crippen LogP contribution is -2.12. The lowest BCUT2D eigenvalue weighted by atomic mass is 10.2. The molecule has 0 aliphatic carbocycles. The van der Waals surface area contributed by atoms with Crippen molar-refractivity contribution in [3.05, 3.63) is 33.2 Å². The molecule has 5 nitrogen and oxygen atoms in total. The van der Waals surface area contributed by atoms with Crippen molar-refractivity contribution in [1.29, 1.82) is 0 Å². The number of hydrogen-bond donors (Lipinski definition) is 2. The quantitative estimate of drug-likeness (QED) is 0.838. The van der Waals surface area contributed by atoms with Gasteiger partial charge in [0.25, 0.3) is 5.91 Å². The predicted octanol–water partition coefficient (Wildman–Crippen LogP) is 3.09. The molecular weight excluding hydrogens is 328 g/mol. The summed E-state index contributed by atoms with van der Waals surface area (Å²) in [5.74, 6) is -0.185. The number of anilines is 2. The zero-order valence-corrected chi connectivity index (χ0v) is 12.7. The number of carbonyl (C=O) groups excluding carboxylic acids is 1. The molecule has 2 rings (SSSR count). The number of nitrogens with zero attached hydrogens (tertiary/aromatic N) is 2. The fourth-order valence-corrected chi connectivity index (χ4v) is 2.56. The van der Waals surface area contributed by atoms with Crippen molar-refractivity contribution < 1.29 is 4.79 Å².